The highest BCUT2D eigenvalue weighted by Crippen LogP contribution is 2.24. The average Bonchev–Trinajstić information content (AvgIpc) is 3.40. The van der Waals surface area contributed by atoms with Crippen LogP contribution in [0.25, 0.3) is 5.69 Å². The van der Waals surface area contributed by atoms with Crippen molar-refractivity contribution in [2.75, 3.05) is 0 Å². The Kier molecular flexibility index (Phi) is 6.15. The van der Waals surface area contributed by atoms with Gasteiger partial charge in [-0.2, -0.15) is 5.10 Å². The molecule has 0 aliphatic rings. The molecule has 0 saturated carbocycles. The van der Waals surface area contributed by atoms with E-state index in [1.54, 1.807) is 29.2 Å². The summed E-state index contributed by atoms with van der Waals surface area (Å²) < 4.78 is 6.82. The molecule has 0 bridgehead atoms. The Morgan fingerprint density at radius 1 is 1.27 bits per heavy atom. The Bertz CT molecular complexity index is 1160. The van der Waals surface area contributed by atoms with E-state index >= 15 is 0 Å². The molecule has 0 saturated heterocycles. The lowest BCUT2D eigenvalue weighted by Crippen LogP contribution is -2.23. The predicted molar refractivity (Wildman–Crippen MR) is 115 cm³/mol. The zero-order chi connectivity index (χ0) is 20.9. The summed E-state index contributed by atoms with van der Waals surface area (Å²) in [5.41, 5.74) is 3.11. The van der Waals surface area contributed by atoms with E-state index in [0.29, 0.717) is 27.9 Å². The number of hydrogen-bond donors (Lipinski definition) is 1. The molecule has 0 spiro atoms. The van der Waals surface area contributed by atoms with E-state index < -0.39 is 0 Å². The van der Waals surface area contributed by atoms with Crippen molar-refractivity contribution >= 4 is 29.3 Å². The van der Waals surface area contributed by atoms with Gasteiger partial charge in [0.15, 0.2) is 0 Å². The van der Waals surface area contributed by atoms with Crippen molar-refractivity contribution in [3.05, 3.63) is 88.7 Å². The Morgan fingerprint density at radius 2 is 2.10 bits per heavy atom. The van der Waals surface area contributed by atoms with Crippen molar-refractivity contribution in [1.82, 2.24) is 25.2 Å². The first-order valence-corrected chi connectivity index (χ1v) is 10.5. The number of carbonyl (C=O) groups excluding carboxylic acids is 1. The summed E-state index contributed by atoms with van der Waals surface area (Å²) in [6, 6.07) is 12.8. The Morgan fingerprint density at radius 3 is 2.87 bits per heavy atom. The average molecular weight is 440 g/mol. The molecule has 0 aliphatic carbocycles. The predicted octanol–water partition coefficient (Wildman–Crippen LogP) is 4.44. The number of benzene rings is 1. The van der Waals surface area contributed by atoms with Crippen molar-refractivity contribution in [2.45, 2.75) is 24.2 Å². The SMILES string of the molecule is Cc1cc(CSc2ncccc2C(=O)NCc2cnn(-c3ccc(Cl)cc3)c2)no1. The van der Waals surface area contributed by atoms with Crippen molar-refractivity contribution in [1.29, 1.82) is 0 Å². The number of nitrogens with zero attached hydrogens (tertiary/aromatic N) is 4. The number of thioether (sulfide) groups is 1. The number of aryl methyl sites for hydroxylation is 1. The monoisotopic (exact) mass is 439 g/mol. The standard InChI is InChI=1S/C21H18ClN5O2S/c1-14-9-17(26-29-14)13-30-21-19(3-2-8-23-21)20(28)24-10-15-11-25-27(12-15)18-6-4-16(22)5-7-18/h2-9,11-12H,10,13H2,1H3,(H,24,28). The molecular formula is C21H18ClN5O2S. The van der Waals surface area contributed by atoms with E-state index in [0.717, 1.165) is 22.7 Å². The molecule has 0 fully saturated rings. The zero-order valence-corrected chi connectivity index (χ0v) is 17.7. The maximum absolute atomic E-state index is 12.7. The molecule has 0 unspecified atom stereocenters. The maximum atomic E-state index is 12.7. The minimum atomic E-state index is -0.193. The van der Waals surface area contributed by atoms with Crippen LogP contribution in [0.3, 0.4) is 0 Å². The van der Waals surface area contributed by atoms with Gasteiger partial charge in [0.25, 0.3) is 5.91 Å². The van der Waals surface area contributed by atoms with Crippen LogP contribution in [-0.4, -0.2) is 25.8 Å². The van der Waals surface area contributed by atoms with Crippen LogP contribution in [0.1, 0.15) is 27.4 Å². The molecule has 0 radical (unpaired) electrons. The van der Waals surface area contributed by atoms with Gasteiger partial charge >= 0.3 is 0 Å². The number of carbonyl (C=O) groups is 1. The van der Waals surface area contributed by atoms with Crippen LogP contribution in [-0.2, 0) is 12.3 Å². The molecule has 1 N–H and O–H groups in total. The topological polar surface area (TPSA) is 85.8 Å². The fourth-order valence-corrected chi connectivity index (χ4v) is 3.77. The summed E-state index contributed by atoms with van der Waals surface area (Å²) >= 11 is 7.37. The summed E-state index contributed by atoms with van der Waals surface area (Å²) in [4.78, 5) is 17.1. The van der Waals surface area contributed by atoms with Gasteiger partial charge < -0.3 is 9.84 Å². The molecule has 4 rings (SSSR count). The van der Waals surface area contributed by atoms with Gasteiger partial charge in [0, 0.05) is 41.3 Å². The second-order valence-electron chi connectivity index (χ2n) is 6.53. The van der Waals surface area contributed by atoms with E-state index in [4.69, 9.17) is 16.1 Å². The van der Waals surface area contributed by atoms with Crippen molar-refractivity contribution in [3.63, 3.8) is 0 Å². The van der Waals surface area contributed by atoms with Gasteiger partial charge in [-0.1, -0.05) is 28.5 Å². The van der Waals surface area contributed by atoms with Gasteiger partial charge in [-0.25, -0.2) is 9.67 Å². The van der Waals surface area contributed by atoms with Gasteiger partial charge in [-0.3, -0.25) is 4.79 Å². The van der Waals surface area contributed by atoms with E-state index in [9.17, 15) is 4.79 Å². The number of aromatic nitrogens is 4. The molecule has 1 amide bonds. The number of rotatable bonds is 7. The van der Waals surface area contributed by atoms with Gasteiger partial charge in [0.1, 0.15) is 10.8 Å². The summed E-state index contributed by atoms with van der Waals surface area (Å²) in [5.74, 6) is 1.13. The quantitative estimate of drug-likeness (QED) is 0.428. The van der Waals surface area contributed by atoms with E-state index in [2.05, 4.69) is 20.6 Å². The Balaban J connectivity index is 1.39. The molecule has 1 aromatic carbocycles. The lowest BCUT2D eigenvalue weighted by molar-refractivity contribution is 0.0947. The van der Waals surface area contributed by atoms with Crippen LogP contribution in [0.2, 0.25) is 5.02 Å². The van der Waals surface area contributed by atoms with Gasteiger partial charge in [0.2, 0.25) is 0 Å². The van der Waals surface area contributed by atoms with Crippen LogP contribution < -0.4 is 5.32 Å². The summed E-state index contributed by atoms with van der Waals surface area (Å²) in [5, 5.41) is 12.6. The number of hydrogen-bond acceptors (Lipinski definition) is 6. The van der Waals surface area contributed by atoms with Crippen LogP contribution in [0.4, 0.5) is 0 Å². The maximum Gasteiger partial charge on any atom is 0.254 e. The molecule has 3 heterocycles. The third kappa shape index (κ3) is 4.90. The van der Waals surface area contributed by atoms with Crippen molar-refractivity contribution < 1.29 is 9.32 Å². The third-order valence-electron chi connectivity index (χ3n) is 4.23. The molecule has 7 nitrogen and oxygen atoms in total. The molecule has 30 heavy (non-hydrogen) atoms. The highest BCUT2D eigenvalue weighted by atomic mass is 35.5. The van der Waals surface area contributed by atoms with Crippen molar-refractivity contribution in [3.8, 4) is 5.69 Å². The molecule has 0 aliphatic heterocycles. The van der Waals surface area contributed by atoms with Crippen LogP contribution in [0, 0.1) is 6.92 Å². The highest BCUT2D eigenvalue weighted by molar-refractivity contribution is 7.98. The molecule has 3 aromatic heterocycles. The first kappa shape index (κ1) is 20.2. The van der Waals surface area contributed by atoms with Crippen LogP contribution in [0.5, 0.6) is 0 Å². The number of amides is 1. The second-order valence-corrected chi connectivity index (χ2v) is 7.93. The lowest BCUT2D eigenvalue weighted by atomic mass is 10.2. The number of halogens is 1. The minimum Gasteiger partial charge on any atom is -0.361 e. The molecular weight excluding hydrogens is 422 g/mol. The first-order valence-electron chi connectivity index (χ1n) is 9.16. The van der Waals surface area contributed by atoms with Gasteiger partial charge in [-0.05, 0) is 43.3 Å². The van der Waals surface area contributed by atoms with E-state index in [1.165, 1.54) is 11.8 Å². The Hall–Kier alpha value is -3.10. The summed E-state index contributed by atoms with van der Waals surface area (Å²) in [6.45, 7) is 2.20. The zero-order valence-electron chi connectivity index (χ0n) is 16.1. The molecule has 4 aromatic rings. The normalized spacial score (nSPS) is 10.9. The third-order valence-corrected chi connectivity index (χ3v) is 5.52. The fraction of sp³-hybridized carbons (Fsp3) is 0.143. The Labute approximate surface area is 182 Å². The lowest BCUT2D eigenvalue weighted by Gasteiger charge is -2.08. The summed E-state index contributed by atoms with van der Waals surface area (Å²) in [7, 11) is 0. The molecule has 9 heteroatoms. The molecule has 0 atom stereocenters. The van der Waals surface area contributed by atoms with Gasteiger partial charge in [0.05, 0.1) is 23.1 Å². The number of pyridine rings is 1. The summed E-state index contributed by atoms with van der Waals surface area (Å²) in [6.07, 6.45) is 5.26. The molecule has 152 valence electrons. The second kappa shape index (κ2) is 9.15. The van der Waals surface area contributed by atoms with Crippen LogP contribution in [0.15, 0.2) is 70.6 Å². The smallest absolute Gasteiger partial charge is 0.254 e. The van der Waals surface area contributed by atoms with Crippen LogP contribution >= 0.6 is 23.4 Å². The minimum absolute atomic E-state index is 0.193. The first-order chi connectivity index (χ1) is 14.6. The van der Waals surface area contributed by atoms with E-state index in [-0.39, 0.29) is 5.91 Å². The largest absolute Gasteiger partial charge is 0.361 e. The number of nitrogens with one attached hydrogen (secondary N) is 1. The van der Waals surface area contributed by atoms with Gasteiger partial charge in [-0.15, -0.1) is 0 Å². The van der Waals surface area contributed by atoms with E-state index in [1.807, 2.05) is 43.5 Å². The van der Waals surface area contributed by atoms with Crippen molar-refractivity contribution in [2.24, 2.45) is 0 Å². The fourth-order valence-electron chi connectivity index (χ4n) is 2.77. The highest BCUT2D eigenvalue weighted by Gasteiger charge is 2.14.